The fourth-order valence-electron chi connectivity index (χ4n) is 5.93. The minimum atomic E-state index is -1.11. The first-order chi connectivity index (χ1) is 17.3. The van der Waals surface area contributed by atoms with Crippen molar-refractivity contribution in [3.8, 4) is 6.07 Å². The molecule has 0 spiro atoms. The summed E-state index contributed by atoms with van der Waals surface area (Å²) in [5.41, 5.74) is -0.910. The van der Waals surface area contributed by atoms with Crippen LogP contribution >= 0.6 is 0 Å². The van der Waals surface area contributed by atoms with E-state index in [0.717, 1.165) is 0 Å². The molecule has 2 saturated heterocycles. The van der Waals surface area contributed by atoms with Crippen molar-refractivity contribution in [2.45, 2.75) is 59.5 Å². The maximum absolute atomic E-state index is 13.9. The average Bonchev–Trinajstić information content (AvgIpc) is 3.28. The number of piperidine rings is 1. The van der Waals surface area contributed by atoms with Gasteiger partial charge >= 0.3 is 0 Å². The van der Waals surface area contributed by atoms with Crippen molar-refractivity contribution >= 4 is 29.6 Å². The lowest BCUT2D eigenvalue weighted by Gasteiger charge is -2.36. The molecule has 6 atom stereocenters. The highest BCUT2D eigenvalue weighted by Crippen LogP contribution is 2.65. The molecule has 200 valence electrons. The largest absolute Gasteiger partial charge is 0.356 e. The van der Waals surface area contributed by atoms with Gasteiger partial charge in [-0.15, -0.1) is 5.10 Å². The molecule has 1 saturated carbocycles. The third kappa shape index (κ3) is 5.01. The third-order valence-corrected chi connectivity index (χ3v) is 8.03. The van der Waals surface area contributed by atoms with Gasteiger partial charge in [-0.3, -0.25) is 24.5 Å². The Bertz CT molecular complexity index is 1150. The molecule has 37 heavy (non-hydrogen) atoms. The highest BCUT2D eigenvalue weighted by atomic mass is 16.2. The van der Waals surface area contributed by atoms with Crippen molar-refractivity contribution in [1.29, 1.82) is 5.26 Å². The Morgan fingerprint density at radius 3 is 2.54 bits per heavy atom. The molecule has 2 aliphatic heterocycles. The summed E-state index contributed by atoms with van der Waals surface area (Å²) in [6.45, 7) is 10.4. The molecule has 13 heteroatoms. The fourth-order valence-corrected chi connectivity index (χ4v) is 5.93. The molecule has 3 N–H and O–H groups in total. The standard InChI is InChI=1S/C24H35N9O4/c1-23(2,3)16(19(35)28-22-29-31-32(6)30-22)21(37)33-11-14-15(24(14,4)5)17(33)20(36)27-13(10-25)9-12-7-8-26-18(12)34/h12-17H,7-9,11H2,1-6H3,(H,26,34)(H,27,36)(H,28,30,35)/t12-,13-,14-,15-,16+,17-/m0/s1. The molecule has 1 aromatic rings. The van der Waals surface area contributed by atoms with Gasteiger partial charge in [-0.1, -0.05) is 39.7 Å². The summed E-state index contributed by atoms with van der Waals surface area (Å²) in [5, 5.41) is 29.2. The molecule has 0 bridgehead atoms. The second kappa shape index (κ2) is 9.39. The monoisotopic (exact) mass is 513 g/mol. The predicted molar refractivity (Wildman–Crippen MR) is 130 cm³/mol. The van der Waals surface area contributed by atoms with Crippen LogP contribution in [0.25, 0.3) is 0 Å². The molecule has 4 amide bonds. The lowest BCUT2D eigenvalue weighted by atomic mass is 9.78. The van der Waals surface area contributed by atoms with E-state index in [1.165, 1.54) is 9.70 Å². The van der Waals surface area contributed by atoms with Gasteiger partial charge < -0.3 is 15.5 Å². The van der Waals surface area contributed by atoms with E-state index >= 15 is 0 Å². The first-order valence-electron chi connectivity index (χ1n) is 12.6. The van der Waals surface area contributed by atoms with Crippen molar-refractivity contribution in [2.75, 3.05) is 18.4 Å². The molecule has 3 heterocycles. The summed E-state index contributed by atoms with van der Waals surface area (Å²) < 4.78 is 0. The number of nitrogens with one attached hydrogen (secondary N) is 3. The van der Waals surface area contributed by atoms with Gasteiger partial charge in [-0.25, -0.2) is 0 Å². The molecule has 1 aromatic heterocycles. The zero-order valence-corrected chi connectivity index (χ0v) is 22.1. The number of amides is 4. The molecule has 13 nitrogen and oxygen atoms in total. The number of rotatable bonds is 7. The van der Waals surface area contributed by atoms with Crippen LogP contribution in [0.1, 0.15) is 47.5 Å². The number of aryl methyl sites for hydroxylation is 1. The van der Waals surface area contributed by atoms with Crippen LogP contribution in [0.15, 0.2) is 0 Å². The average molecular weight is 514 g/mol. The van der Waals surface area contributed by atoms with Gasteiger partial charge in [-0.2, -0.15) is 10.1 Å². The summed E-state index contributed by atoms with van der Waals surface area (Å²) >= 11 is 0. The predicted octanol–water partition coefficient (Wildman–Crippen LogP) is -0.172. The quantitative estimate of drug-likeness (QED) is 0.421. The van der Waals surface area contributed by atoms with Gasteiger partial charge in [0.05, 0.1) is 13.1 Å². The first-order valence-corrected chi connectivity index (χ1v) is 12.6. The second-order valence-electron chi connectivity index (χ2n) is 12.0. The van der Waals surface area contributed by atoms with E-state index in [1.54, 1.807) is 27.8 Å². The fraction of sp³-hybridized carbons (Fsp3) is 0.750. The molecule has 0 radical (unpaired) electrons. The number of hydrogen-bond acceptors (Lipinski definition) is 8. The highest BCUT2D eigenvalue weighted by molar-refractivity contribution is 6.07. The SMILES string of the molecule is Cn1nnc(NC(=O)[C@H](C(=O)N2C[C@H]3[C@@H]([C@H]2C(=O)N[C@H](C#N)C[C@@H]2CCNC2=O)C3(C)C)C(C)(C)C)n1. The van der Waals surface area contributed by atoms with Crippen LogP contribution in [0.2, 0.25) is 0 Å². The van der Waals surface area contributed by atoms with Crippen molar-refractivity contribution < 1.29 is 19.2 Å². The Labute approximate surface area is 215 Å². The number of tetrazole rings is 1. The molecule has 4 rings (SSSR count). The first kappa shape index (κ1) is 26.5. The number of fused-ring (bicyclic) bond motifs is 1. The van der Waals surface area contributed by atoms with Crippen LogP contribution < -0.4 is 16.0 Å². The maximum Gasteiger partial charge on any atom is 0.270 e. The van der Waals surface area contributed by atoms with E-state index in [4.69, 9.17) is 0 Å². The van der Waals surface area contributed by atoms with Gasteiger partial charge in [0, 0.05) is 19.0 Å². The number of hydrogen-bond donors (Lipinski definition) is 3. The van der Waals surface area contributed by atoms with Crippen LogP contribution in [0.5, 0.6) is 0 Å². The Morgan fingerprint density at radius 2 is 2.00 bits per heavy atom. The summed E-state index contributed by atoms with van der Waals surface area (Å²) in [7, 11) is 1.56. The number of carbonyl (C=O) groups is 4. The van der Waals surface area contributed by atoms with Crippen LogP contribution in [-0.2, 0) is 26.2 Å². The van der Waals surface area contributed by atoms with Crippen LogP contribution in [0.4, 0.5) is 5.95 Å². The highest BCUT2D eigenvalue weighted by Gasteiger charge is 2.70. The maximum atomic E-state index is 13.9. The zero-order chi connectivity index (χ0) is 27.3. The third-order valence-electron chi connectivity index (χ3n) is 8.03. The second-order valence-corrected chi connectivity index (χ2v) is 12.0. The molecule has 3 fully saturated rings. The van der Waals surface area contributed by atoms with E-state index in [1.807, 2.05) is 0 Å². The summed E-state index contributed by atoms with van der Waals surface area (Å²) in [6.07, 6.45) is 0.825. The Kier molecular flexibility index (Phi) is 6.73. The normalized spacial score (nSPS) is 27.5. The molecular formula is C24H35N9O4. The Balaban J connectivity index is 1.54. The number of nitrogens with zero attached hydrogens (tertiary/aromatic N) is 6. The van der Waals surface area contributed by atoms with E-state index in [2.05, 4.69) is 51.3 Å². The number of anilines is 1. The van der Waals surface area contributed by atoms with Crippen molar-refractivity contribution in [3.63, 3.8) is 0 Å². The molecule has 0 unspecified atom stereocenters. The Morgan fingerprint density at radius 1 is 1.30 bits per heavy atom. The number of likely N-dealkylation sites (tertiary alicyclic amines) is 1. The summed E-state index contributed by atoms with van der Waals surface area (Å²) in [5.74, 6) is -3.02. The molecule has 3 aliphatic rings. The summed E-state index contributed by atoms with van der Waals surface area (Å²) in [6, 6.07) is 0.421. The van der Waals surface area contributed by atoms with E-state index in [-0.39, 0.29) is 41.4 Å². The zero-order valence-electron chi connectivity index (χ0n) is 22.1. The van der Waals surface area contributed by atoms with Gasteiger partial charge in [0.1, 0.15) is 18.0 Å². The number of carbonyl (C=O) groups excluding carboxylic acids is 4. The molecule has 0 aromatic carbocycles. The van der Waals surface area contributed by atoms with E-state index in [9.17, 15) is 24.4 Å². The lowest BCUT2D eigenvalue weighted by Crippen LogP contribution is -2.56. The van der Waals surface area contributed by atoms with Gasteiger partial charge in [0.2, 0.25) is 23.6 Å². The van der Waals surface area contributed by atoms with E-state index in [0.29, 0.717) is 19.5 Å². The summed E-state index contributed by atoms with van der Waals surface area (Å²) in [4.78, 5) is 55.4. The van der Waals surface area contributed by atoms with Crippen LogP contribution in [0, 0.1) is 45.8 Å². The van der Waals surface area contributed by atoms with Gasteiger partial charge in [-0.05, 0) is 40.7 Å². The topological polar surface area (TPSA) is 175 Å². The number of nitriles is 1. The van der Waals surface area contributed by atoms with Crippen LogP contribution in [0.3, 0.4) is 0 Å². The van der Waals surface area contributed by atoms with Gasteiger partial charge in [0.15, 0.2) is 0 Å². The smallest absolute Gasteiger partial charge is 0.270 e. The number of aromatic nitrogens is 4. The van der Waals surface area contributed by atoms with Crippen LogP contribution in [-0.4, -0.2) is 73.9 Å². The molecule has 1 aliphatic carbocycles. The van der Waals surface area contributed by atoms with Crippen molar-refractivity contribution in [2.24, 2.45) is 41.5 Å². The molecular weight excluding hydrogens is 478 g/mol. The van der Waals surface area contributed by atoms with Crippen molar-refractivity contribution in [3.05, 3.63) is 0 Å². The minimum Gasteiger partial charge on any atom is -0.356 e. The minimum absolute atomic E-state index is 0.0120. The Hall–Kier alpha value is -3.56. The van der Waals surface area contributed by atoms with Crippen molar-refractivity contribution in [1.82, 2.24) is 35.7 Å². The lowest BCUT2D eigenvalue weighted by molar-refractivity contribution is -0.150. The van der Waals surface area contributed by atoms with Gasteiger partial charge in [0.25, 0.3) is 5.95 Å². The van der Waals surface area contributed by atoms with E-state index < -0.39 is 41.1 Å².